The molecule has 0 aromatic heterocycles. The minimum Gasteiger partial charge on any atom is -0.368 e. The van der Waals surface area contributed by atoms with E-state index in [1.807, 2.05) is 35.2 Å². The fourth-order valence-electron chi connectivity index (χ4n) is 5.13. The Kier molecular flexibility index (Phi) is 7.94. The Hall–Kier alpha value is -2.38. The minimum absolute atomic E-state index is 0.116. The van der Waals surface area contributed by atoms with Crippen LogP contribution in [0.1, 0.15) is 36.0 Å². The van der Waals surface area contributed by atoms with E-state index in [0.717, 1.165) is 37.9 Å². The van der Waals surface area contributed by atoms with Gasteiger partial charge in [0.25, 0.3) is 0 Å². The third-order valence-corrected chi connectivity index (χ3v) is 9.27. The lowest BCUT2D eigenvalue weighted by molar-refractivity contribution is -0.137. The second-order valence-corrected chi connectivity index (χ2v) is 11.7. The Labute approximate surface area is 204 Å². The summed E-state index contributed by atoms with van der Waals surface area (Å²) in [6.07, 6.45) is 2.87. The molecule has 7 heteroatoms. The van der Waals surface area contributed by atoms with E-state index in [1.54, 1.807) is 4.31 Å². The highest BCUT2D eigenvalue weighted by atomic mass is 32.2. The van der Waals surface area contributed by atoms with Crippen molar-refractivity contribution < 1.29 is 13.2 Å². The van der Waals surface area contributed by atoms with Crippen LogP contribution in [0.2, 0.25) is 0 Å². The van der Waals surface area contributed by atoms with E-state index >= 15 is 0 Å². The van der Waals surface area contributed by atoms with Crippen LogP contribution in [0.3, 0.4) is 0 Å². The average Bonchev–Trinajstić information content (AvgIpc) is 2.86. The monoisotopic (exact) mass is 483 g/mol. The molecule has 2 aromatic rings. The topological polar surface area (TPSA) is 60.9 Å². The molecular weight excluding hydrogens is 446 g/mol. The highest BCUT2D eigenvalue weighted by molar-refractivity contribution is 7.89. The molecule has 1 amide bonds. The smallest absolute Gasteiger partial charge is 0.227 e. The quantitative estimate of drug-likeness (QED) is 0.604. The van der Waals surface area contributed by atoms with Crippen molar-refractivity contribution in [3.05, 3.63) is 65.2 Å². The van der Waals surface area contributed by atoms with Gasteiger partial charge in [-0.2, -0.15) is 0 Å². The molecule has 2 heterocycles. The summed E-state index contributed by atoms with van der Waals surface area (Å²) in [7, 11) is -3.35. The maximum atomic E-state index is 13.3. The van der Waals surface area contributed by atoms with Crippen LogP contribution in [0.5, 0.6) is 0 Å². The van der Waals surface area contributed by atoms with E-state index in [9.17, 15) is 13.2 Å². The molecule has 34 heavy (non-hydrogen) atoms. The van der Waals surface area contributed by atoms with Gasteiger partial charge in [-0.3, -0.25) is 4.79 Å². The van der Waals surface area contributed by atoms with Crippen molar-refractivity contribution in [2.24, 2.45) is 5.92 Å². The van der Waals surface area contributed by atoms with Gasteiger partial charge in [0.15, 0.2) is 0 Å². The summed E-state index contributed by atoms with van der Waals surface area (Å²) in [6.45, 7) is 8.12. The number of anilines is 1. The van der Waals surface area contributed by atoms with E-state index in [4.69, 9.17) is 0 Å². The SMILES string of the molecule is Cc1cccc(N2CCN(C(=O)[C@@H]3CCCN(S(=O)(=O)CCCc4ccccc4)C3)CC2)c1C. The second-order valence-electron chi connectivity index (χ2n) is 9.63. The Morgan fingerprint density at radius 3 is 2.41 bits per heavy atom. The molecule has 2 saturated heterocycles. The van der Waals surface area contributed by atoms with Gasteiger partial charge in [-0.05, 0) is 62.3 Å². The first kappa shape index (κ1) is 24.7. The number of piperidine rings is 1. The van der Waals surface area contributed by atoms with E-state index in [-0.39, 0.29) is 17.6 Å². The molecule has 2 aliphatic heterocycles. The van der Waals surface area contributed by atoms with E-state index < -0.39 is 10.0 Å². The van der Waals surface area contributed by atoms with Crippen molar-refractivity contribution in [1.29, 1.82) is 0 Å². The van der Waals surface area contributed by atoms with Crippen LogP contribution in [0, 0.1) is 19.8 Å². The largest absolute Gasteiger partial charge is 0.368 e. The van der Waals surface area contributed by atoms with Gasteiger partial charge in [0.05, 0.1) is 11.7 Å². The van der Waals surface area contributed by atoms with Crippen LogP contribution in [-0.2, 0) is 21.2 Å². The fourth-order valence-corrected chi connectivity index (χ4v) is 6.71. The fraction of sp³-hybridized carbons (Fsp3) is 0.519. The van der Waals surface area contributed by atoms with Crippen molar-refractivity contribution in [2.45, 2.75) is 39.5 Å². The number of rotatable bonds is 7. The number of nitrogens with zero attached hydrogens (tertiary/aromatic N) is 3. The van der Waals surface area contributed by atoms with Gasteiger partial charge in [0.1, 0.15) is 0 Å². The van der Waals surface area contributed by atoms with Gasteiger partial charge in [-0.25, -0.2) is 12.7 Å². The lowest BCUT2D eigenvalue weighted by Crippen LogP contribution is -2.53. The standard InChI is InChI=1S/C27H37N3O3S/c1-22-9-6-14-26(23(22)2)28-16-18-29(19-17-28)27(31)25-13-7-15-30(21-25)34(32,33)20-8-12-24-10-4-3-5-11-24/h3-6,9-11,14,25H,7-8,12-13,15-21H2,1-2H3/t25-/m1/s1. The predicted octanol–water partition coefficient (Wildman–Crippen LogP) is 3.63. The van der Waals surface area contributed by atoms with E-state index in [0.29, 0.717) is 32.6 Å². The molecule has 0 saturated carbocycles. The zero-order valence-electron chi connectivity index (χ0n) is 20.4. The number of carbonyl (C=O) groups is 1. The Morgan fingerprint density at radius 1 is 0.941 bits per heavy atom. The average molecular weight is 484 g/mol. The van der Waals surface area contributed by atoms with Crippen LogP contribution in [-0.4, -0.2) is 68.6 Å². The molecule has 0 unspecified atom stereocenters. The lowest BCUT2D eigenvalue weighted by Gasteiger charge is -2.40. The van der Waals surface area contributed by atoms with E-state index in [1.165, 1.54) is 16.8 Å². The highest BCUT2D eigenvalue weighted by Gasteiger charge is 2.35. The van der Waals surface area contributed by atoms with Gasteiger partial charge in [-0.1, -0.05) is 42.5 Å². The maximum Gasteiger partial charge on any atom is 0.227 e. The number of carbonyl (C=O) groups excluding carboxylic acids is 1. The van der Waals surface area contributed by atoms with E-state index in [2.05, 4.69) is 36.9 Å². The summed E-state index contributed by atoms with van der Waals surface area (Å²) in [4.78, 5) is 17.6. The Morgan fingerprint density at radius 2 is 1.68 bits per heavy atom. The molecular formula is C27H37N3O3S. The molecule has 2 aromatic carbocycles. The van der Waals surface area contributed by atoms with Crippen molar-refractivity contribution >= 4 is 21.6 Å². The van der Waals surface area contributed by atoms with Gasteiger partial charge >= 0.3 is 0 Å². The van der Waals surface area contributed by atoms with Crippen molar-refractivity contribution in [3.8, 4) is 0 Å². The molecule has 0 radical (unpaired) electrons. The van der Waals surface area contributed by atoms with Gasteiger partial charge in [-0.15, -0.1) is 0 Å². The second kappa shape index (κ2) is 10.9. The number of hydrogen-bond donors (Lipinski definition) is 0. The normalized spacial score (nSPS) is 19.9. The number of piperazine rings is 1. The maximum absolute atomic E-state index is 13.3. The minimum atomic E-state index is -3.35. The molecule has 4 rings (SSSR count). The first-order valence-electron chi connectivity index (χ1n) is 12.5. The molecule has 0 bridgehead atoms. The summed E-state index contributed by atoms with van der Waals surface area (Å²) in [6, 6.07) is 16.4. The summed E-state index contributed by atoms with van der Waals surface area (Å²) >= 11 is 0. The molecule has 0 aliphatic carbocycles. The summed E-state index contributed by atoms with van der Waals surface area (Å²) in [5, 5.41) is 0. The molecule has 6 nitrogen and oxygen atoms in total. The molecule has 2 aliphatic rings. The zero-order chi connectivity index (χ0) is 24.1. The Balaban J connectivity index is 1.29. The van der Waals surface area contributed by atoms with Crippen molar-refractivity contribution in [2.75, 3.05) is 49.9 Å². The number of hydrogen-bond acceptors (Lipinski definition) is 4. The first-order valence-corrected chi connectivity index (χ1v) is 14.1. The predicted molar refractivity (Wildman–Crippen MR) is 138 cm³/mol. The van der Waals surface area contributed by atoms with Gasteiger partial charge in [0.2, 0.25) is 15.9 Å². The van der Waals surface area contributed by atoms with Gasteiger partial charge in [0, 0.05) is 45.0 Å². The number of amides is 1. The summed E-state index contributed by atoms with van der Waals surface area (Å²) < 4.78 is 27.5. The van der Waals surface area contributed by atoms with Crippen molar-refractivity contribution in [1.82, 2.24) is 9.21 Å². The zero-order valence-corrected chi connectivity index (χ0v) is 21.3. The Bertz CT molecular complexity index is 1080. The number of sulfonamides is 1. The third kappa shape index (κ3) is 5.81. The van der Waals surface area contributed by atoms with Crippen molar-refractivity contribution in [3.63, 3.8) is 0 Å². The molecule has 0 N–H and O–H groups in total. The van der Waals surface area contributed by atoms with Gasteiger partial charge < -0.3 is 9.80 Å². The molecule has 184 valence electrons. The summed E-state index contributed by atoms with van der Waals surface area (Å²) in [5.74, 6) is 0.0202. The lowest BCUT2D eigenvalue weighted by atomic mass is 9.97. The number of aryl methyl sites for hydroxylation is 2. The summed E-state index contributed by atoms with van der Waals surface area (Å²) in [5.41, 5.74) is 4.98. The number of benzene rings is 2. The molecule has 2 fully saturated rings. The molecule has 1 atom stereocenters. The van der Waals surface area contributed by atoms with Crippen LogP contribution in [0.25, 0.3) is 0 Å². The molecule has 0 spiro atoms. The highest BCUT2D eigenvalue weighted by Crippen LogP contribution is 2.26. The van der Waals surface area contributed by atoms with Crippen LogP contribution < -0.4 is 4.90 Å². The third-order valence-electron chi connectivity index (χ3n) is 7.35. The van der Waals surface area contributed by atoms with Crippen LogP contribution in [0.15, 0.2) is 48.5 Å². The van der Waals surface area contributed by atoms with Crippen LogP contribution in [0.4, 0.5) is 5.69 Å². The first-order chi connectivity index (χ1) is 16.3. The van der Waals surface area contributed by atoms with Crippen LogP contribution >= 0.6 is 0 Å².